The van der Waals surface area contributed by atoms with Crippen LogP contribution in [0.15, 0.2) is 6.07 Å². The van der Waals surface area contributed by atoms with Crippen molar-refractivity contribution in [3.8, 4) is 6.01 Å². The zero-order chi connectivity index (χ0) is 10.8. The summed E-state index contributed by atoms with van der Waals surface area (Å²) in [6, 6.07) is 0.684. The molecule has 0 amide bonds. The Morgan fingerprint density at radius 3 is 2.14 bits per heavy atom. The van der Waals surface area contributed by atoms with E-state index < -0.39 is 18.8 Å². The first-order chi connectivity index (χ1) is 6.37. The van der Waals surface area contributed by atoms with Gasteiger partial charge in [0.1, 0.15) is 10.3 Å². The molecule has 1 aromatic heterocycles. The molecule has 0 radical (unpaired) electrons. The standard InChI is InChI=1S/C6H3Cl2F3N2O/c7-3-1-4(8)13-5(12-3)14-2-6(9,10)11/h1H,2H2. The molecule has 0 aliphatic rings. The zero-order valence-electron chi connectivity index (χ0n) is 6.48. The first-order valence-electron chi connectivity index (χ1n) is 3.26. The van der Waals surface area contributed by atoms with Crippen LogP contribution < -0.4 is 4.74 Å². The van der Waals surface area contributed by atoms with Gasteiger partial charge >= 0.3 is 12.2 Å². The number of rotatable bonds is 2. The third-order valence-electron chi connectivity index (χ3n) is 1.01. The summed E-state index contributed by atoms with van der Waals surface area (Å²) in [6.07, 6.45) is -4.45. The molecule has 8 heteroatoms. The van der Waals surface area contributed by atoms with Crippen LogP contribution in [-0.2, 0) is 0 Å². The number of nitrogens with zero attached hydrogens (tertiary/aromatic N) is 2. The van der Waals surface area contributed by atoms with E-state index in [1.165, 1.54) is 6.07 Å². The van der Waals surface area contributed by atoms with E-state index in [-0.39, 0.29) is 10.3 Å². The predicted molar refractivity (Wildman–Crippen MR) is 43.6 cm³/mol. The fraction of sp³-hybridized carbons (Fsp3) is 0.333. The lowest BCUT2D eigenvalue weighted by atomic mass is 10.7. The highest BCUT2D eigenvalue weighted by Crippen LogP contribution is 2.19. The Morgan fingerprint density at radius 1 is 1.21 bits per heavy atom. The van der Waals surface area contributed by atoms with Gasteiger partial charge in [-0.25, -0.2) is 0 Å². The van der Waals surface area contributed by atoms with E-state index in [9.17, 15) is 13.2 Å². The van der Waals surface area contributed by atoms with Gasteiger partial charge in [-0.3, -0.25) is 0 Å². The molecule has 1 rings (SSSR count). The number of ether oxygens (including phenoxy) is 1. The number of hydrogen-bond donors (Lipinski definition) is 0. The summed E-state index contributed by atoms with van der Waals surface area (Å²) in [7, 11) is 0. The van der Waals surface area contributed by atoms with Gasteiger partial charge < -0.3 is 4.74 Å². The molecule has 0 N–H and O–H groups in total. The van der Waals surface area contributed by atoms with Gasteiger partial charge in [-0.15, -0.1) is 0 Å². The molecule has 0 unspecified atom stereocenters. The summed E-state index contributed by atoms with van der Waals surface area (Å²) in [6.45, 7) is -1.48. The van der Waals surface area contributed by atoms with Crippen LogP contribution in [-0.4, -0.2) is 22.8 Å². The minimum absolute atomic E-state index is 0.0813. The van der Waals surface area contributed by atoms with Gasteiger partial charge in [-0.2, -0.15) is 23.1 Å². The minimum Gasteiger partial charge on any atom is -0.454 e. The van der Waals surface area contributed by atoms with Crippen molar-refractivity contribution in [1.82, 2.24) is 9.97 Å². The van der Waals surface area contributed by atoms with Crippen LogP contribution in [0.5, 0.6) is 6.01 Å². The van der Waals surface area contributed by atoms with E-state index in [0.717, 1.165) is 0 Å². The van der Waals surface area contributed by atoms with Crippen molar-refractivity contribution in [2.24, 2.45) is 0 Å². The Morgan fingerprint density at radius 2 is 1.71 bits per heavy atom. The number of halogens is 5. The second kappa shape index (κ2) is 4.18. The molecule has 3 nitrogen and oxygen atoms in total. The van der Waals surface area contributed by atoms with Gasteiger partial charge in [0.2, 0.25) is 0 Å². The molecule has 0 spiro atoms. The predicted octanol–water partition coefficient (Wildman–Crippen LogP) is 2.72. The van der Waals surface area contributed by atoms with Crippen molar-refractivity contribution >= 4 is 23.2 Å². The van der Waals surface area contributed by atoms with Crippen LogP contribution in [0.25, 0.3) is 0 Å². The molecule has 14 heavy (non-hydrogen) atoms. The average Bonchev–Trinajstić information content (AvgIpc) is 1.97. The normalized spacial score (nSPS) is 11.5. The van der Waals surface area contributed by atoms with Crippen molar-refractivity contribution in [2.45, 2.75) is 6.18 Å². The maximum atomic E-state index is 11.7. The average molecular weight is 247 g/mol. The maximum Gasteiger partial charge on any atom is 0.422 e. The second-order valence-electron chi connectivity index (χ2n) is 2.20. The summed E-state index contributed by atoms with van der Waals surface area (Å²) in [5.74, 6) is 0. The lowest BCUT2D eigenvalue weighted by molar-refractivity contribution is -0.154. The van der Waals surface area contributed by atoms with Crippen molar-refractivity contribution in [1.29, 1.82) is 0 Å². The van der Waals surface area contributed by atoms with Gasteiger partial charge in [-0.1, -0.05) is 23.2 Å². The molecular weight excluding hydrogens is 244 g/mol. The highest BCUT2D eigenvalue weighted by Gasteiger charge is 2.29. The second-order valence-corrected chi connectivity index (χ2v) is 2.97. The van der Waals surface area contributed by atoms with Crippen LogP contribution in [0.2, 0.25) is 10.3 Å². The Kier molecular flexibility index (Phi) is 3.38. The molecular formula is C6H3Cl2F3N2O. The monoisotopic (exact) mass is 246 g/mol. The molecule has 0 aliphatic carbocycles. The van der Waals surface area contributed by atoms with Crippen molar-refractivity contribution in [3.63, 3.8) is 0 Å². The number of aromatic nitrogens is 2. The molecule has 1 aromatic rings. The highest BCUT2D eigenvalue weighted by molar-refractivity contribution is 6.33. The summed E-state index contributed by atoms with van der Waals surface area (Å²) in [5, 5.41) is -0.163. The van der Waals surface area contributed by atoms with Crippen molar-refractivity contribution in [3.05, 3.63) is 16.4 Å². The largest absolute Gasteiger partial charge is 0.454 e. The van der Waals surface area contributed by atoms with Crippen LogP contribution in [0.1, 0.15) is 0 Å². The molecule has 0 bridgehead atoms. The van der Waals surface area contributed by atoms with E-state index >= 15 is 0 Å². The highest BCUT2D eigenvalue weighted by atomic mass is 35.5. The molecule has 0 fully saturated rings. The van der Waals surface area contributed by atoms with E-state index in [4.69, 9.17) is 23.2 Å². The Bertz CT molecular complexity index is 311. The van der Waals surface area contributed by atoms with Gasteiger partial charge in [0.25, 0.3) is 0 Å². The quantitative estimate of drug-likeness (QED) is 0.753. The summed E-state index contributed by atoms with van der Waals surface area (Å²) in [4.78, 5) is 6.77. The smallest absolute Gasteiger partial charge is 0.422 e. The maximum absolute atomic E-state index is 11.7. The Labute approximate surface area is 86.8 Å². The molecule has 1 heterocycles. The Hall–Kier alpha value is -0.750. The summed E-state index contributed by atoms with van der Waals surface area (Å²) >= 11 is 10.8. The number of alkyl halides is 3. The van der Waals surface area contributed by atoms with Gasteiger partial charge in [0, 0.05) is 6.07 Å². The summed E-state index contributed by atoms with van der Waals surface area (Å²) < 4.78 is 39.3. The van der Waals surface area contributed by atoms with E-state index in [1.807, 2.05) is 0 Å². The lowest BCUT2D eigenvalue weighted by Crippen LogP contribution is -2.20. The fourth-order valence-electron chi connectivity index (χ4n) is 0.582. The molecule has 78 valence electrons. The van der Waals surface area contributed by atoms with E-state index in [1.54, 1.807) is 0 Å². The van der Waals surface area contributed by atoms with Gasteiger partial charge in [-0.05, 0) is 0 Å². The fourth-order valence-corrected chi connectivity index (χ4v) is 0.989. The molecule has 0 atom stereocenters. The van der Waals surface area contributed by atoms with Gasteiger partial charge in [0.05, 0.1) is 0 Å². The molecule has 0 aromatic carbocycles. The minimum atomic E-state index is -4.45. The molecule has 0 saturated heterocycles. The zero-order valence-corrected chi connectivity index (χ0v) is 7.99. The third kappa shape index (κ3) is 3.97. The number of hydrogen-bond acceptors (Lipinski definition) is 3. The molecule has 0 aliphatic heterocycles. The van der Waals surface area contributed by atoms with Crippen LogP contribution in [0.4, 0.5) is 13.2 Å². The first-order valence-corrected chi connectivity index (χ1v) is 4.02. The molecule has 0 saturated carbocycles. The van der Waals surface area contributed by atoms with Gasteiger partial charge in [0.15, 0.2) is 6.61 Å². The summed E-state index contributed by atoms with van der Waals surface area (Å²) in [5.41, 5.74) is 0. The van der Waals surface area contributed by atoms with Crippen molar-refractivity contribution in [2.75, 3.05) is 6.61 Å². The Balaban J connectivity index is 2.68. The lowest BCUT2D eigenvalue weighted by Gasteiger charge is -2.07. The van der Waals surface area contributed by atoms with Crippen molar-refractivity contribution < 1.29 is 17.9 Å². The first kappa shape index (κ1) is 11.3. The third-order valence-corrected chi connectivity index (χ3v) is 1.40. The SMILES string of the molecule is FC(F)(F)COc1nc(Cl)cc(Cl)n1. The van der Waals surface area contributed by atoms with E-state index in [2.05, 4.69) is 14.7 Å². The topological polar surface area (TPSA) is 35.0 Å². The van der Waals surface area contributed by atoms with E-state index in [0.29, 0.717) is 0 Å². The van der Waals surface area contributed by atoms with Crippen LogP contribution in [0.3, 0.4) is 0 Å². The van der Waals surface area contributed by atoms with Crippen LogP contribution in [0, 0.1) is 0 Å². The van der Waals surface area contributed by atoms with Crippen LogP contribution >= 0.6 is 23.2 Å².